The number of nitrogens with zero attached hydrogens (tertiary/aromatic N) is 1. The molecule has 0 atom stereocenters. The van der Waals surface area contributed by atoms with E-state index >= 15 is 0 Å². The van der Waals surface area contributed by atoms with E-state index in [0.717, 1.165) is 0 Å². The van der Waals surface area contributed by atoms with Crippen LogP contribution in [-0.4, -0.2) is 40.0 Å². The Morgan fingerprint density at radius 3 is 2.67 bits per heavy atom. The summed E-state index contributed by atoms with van der Waals surface area (Å²) in [6.45, 7) is 1.74. The van der Waals surface area contributed by atoms with Crippen molar-refractivity contribution in [3.05, 3.63) is 23.0 Å². The molecule has 0 unspecified atom stereocenters. The zero-order valence-corrected chi connectivity index (χ0v) is 8.91. The third-order valence-corrected chi connectivity index (χ3v) is 2.09. The molecular formula is C9H11ClN2O3. The predicted octanol–water partition coefficient (Wildman–Crippen LogP) is 1.21. The summed E-state index contributed by atoms with van der Waals surface area (Å²) in [6.07, 6.45) is 1.48. The molecule has 0 saturated heterocycles. The van der Waals surface area contributed by atoms with Gasteiger partial charge in [0.05, 0.1) is 5.02 Å². The molecule has 0 saturated carbocycles. The van der Waals surface area contributed by atoms with Crippen LogP contribution in [-0.2, 0) is 4.79 Å². The van der Waals surface area contributed by atoms with Gasteiger partial charge >= 0.3 is 5.97 Å². The number of carboxylic acid groups (broad SMARTS) is 1. The van der Waals surface area contributed by atoms with E-state index in [0.29, 0.717) is 17.3 Å². The van der Waals surface area contributed by atoms with Crippen LogP contribution in [0.4, 0.5) is 0 Å². The van der Waals surface area contributed by atoms with E-state index in [1.807, 2.05) is 0 Å². The Kier molecular flexibility index (Phi) is 3.74. The second-order valence-electron chi connectivity index (χ2n) is 2.94. The number of rotatable bonds is 4. The van der Waals surface area contributed by atoms with Crippen molar-refractivity contribution in [2.45, 2.75) is 6.92 Å². The highest BCUT2D eigenvalue weighted by molar-refractivity contribution is 6.30. The van der Waals surface area contributed by atoms with Crippen LogP contribution in [0.5, 0.6) is 0 Å². The molecule has 0 spiro atoms. The molecule has 1 aromatic rings. The topological polar surface area (TPSA) is 73.4 Å². The normalized spacial score (nSPS) is 10.0. The first-order valence-corrected chi connectivity index (χ1v) is 4.77. The van der Waals surface area contributed by atoms with Crippen molar-refractivity contribution in [1.82, 2.24) is 9.88 Å². The molecule has 0 aliphatic rings. The van der Waals surface area contributed by atoms with Crippen LogP contribution in [0.3, 0.4) is 0 Å². The number of carboxylic acids is 1. The minimum atomic E-state index is -1.04. The Balaban J connectivity index is 2.77. The van der Waals surface area contributed by atoms with E-state index in [1.165, 1.54) is 17.2 Å². The SMILES string of the molecule is CCN(CC(=O)O)C(=O)c1cc(Cl)c[nH]1. The van der Waals surface area contributed by atoms with Crippen molar-refractivity contribution in [3.63, 3.8) is 0 Å². The summed E-state index contributed by atoms with van der Waals surface area (Å²) in [4.78, 5) is 26.1. The van der Waals surface area contributed by atoms with Gasteiger partial charge in [0, 0.05) is 12.7 Å². The van der Waals surface area contributed by atoms with Gasteiger partial charge in [-0.3, -0.25) is 9.59 Å². The van der Waals surface area contributed by atoms with E-state index in [9.17, 15) is 9.59 Å². The standard InChI is InChI=1S/C9H11ClN2O3/c1-2-12(5-8(13)14)9(15)7-3-6(10)4-11-7/h3-4,11H,2,5H2,1H3,(H,13,14). The van der Waals surface area contributed by atoms with Gasteiger partial charge in [-0.05, 0) is 13.0 Å². The van der Waals surface area contributed by atoms with Crippen LogP contribution in [0.15, 0.2) is 12.3 Å². The second-order valence-corrected chi connectivity index (χ2v) is 3.38. The highest BCUT2D eigenvalue weighted by Crippen LogP contribution is 2.11. The Morgan fingerprint density at radius 1 is 1.60 bits per heavy atom. The molecule has 1 rings (SSSR count). The lowest BCUT2D eigenvalue weighted by Gasteiger charge is -2.17. The number of likely N-dealkylation sites (N-methyl/N-ethyl adjacent to an activating group) is 1. The number of H-pyrrole nitrogens is 1. The molecule has 0 fully saturated rings. The molecular weight excluding hydrogens is 220 g/mol. The average Bonchev–Trinajstić information content (AvgIpc) is 2.60. The van der Waals surface area contributed by atoms with Crippen molar-refractivity contribution in [1.29, 1.82) is 0 Å². The van der Waals surface area contributed by atoms with Gasteiger partial charge in [0.1, 0.15) is 12.2 Å². The molecule has 1 aromatic heterocycles. The number of aliphatic carboxylic acids is 1. The molecule has 0 aliphatic carbocycles. The number of carbonyl (C=O) groups excluding carboxylic acids is 1. The molecule has 0 aliphatic heterocycles. The summed E-state index contributed by atoms with van der Waals surface area (Å²) in [5, 5.41) is 9.01. The lowest BCUT2D eigenvalue weighted by atomic mass is 10.3. The summed E-state index contributed by atoms with van der Waals surface area (Å²) in [6, 6.07) is 1.47. The van der Waals surface area contributed by atoms with Crippen molar-refractivity contribution >= 4 is 23.5 Å². The smallest absolute Gasteiger partial charge is 0.323 e. The molecule has 0 bridgehead atoms. The van der Waals surface area contributed by atoms with Crippen molar-refractivity contribution in [2.75, 3.05) is 13.1 Å². The maximum atomic E-state index is 11.7. The van der Waals surface area contributed by atoms with Crippen molar-refractivity contribution < 1.29 is 14.7 Å². The monoisotopic (exact) mass is 230 g/mol. The molecule has 1 amide bonds. The molecule has 0 aromatic carbocycles. The molecule has 5 nitrogen and oxygen atoms in total. The maximum absolute atomic E-state index is 11.7. The molecule has 82 valence electrons. The van der Waals surface area contributed by atoms with Crippen LogP contribution in [0.2, 0.25) is 5.02 Å². The number of amides is 1. The Hall–Kier alpha value is -1.49. The predicted molar refractivity (Wildman–Crippen MR) is 55.0 cm³/mol. The van der Waals surface area contributed by atoms with Gasteiger partial charge in [0.15, 0.2) is 0 Å². The first kappa shape index (κ1) is 11.6. The zero-order valence-electron chi connectivity index (χ0n) is 8.16. The van der Waals surface area contributed by atoms with E-state index < -0.39 is 5.97 Å². The lowest BCUT2D eigenvalue weighted by molar-refractivity contribution is -0.137. The fourth-order valence-electron chi connectivity index (χ4n) is 1.15. The zero-order chi connectivity index (χ0) is 11.4. The molecule has 2 N–H and O–H groups in total. The number of hydrogen-bond acceptors (Lipinski definition) is 2. The van der Waals surface area contributed by atoms with E-state index in [2.05, 4.69) is 4.98 Å². The fourth-order valence-corrected chi connectivity index (χ4v) is 1.32. The number of carbonyl (C=O) groups is 2. The number of nitrogens with one attached hydrogen (secondary N) is 1. The minimum Gasteiger partial charge on any atom is -0.480 e. The summed E-state index contributed by atoms with van der Waals surface area (Å²) in [5.74, 6) is -1.41. The molecule has 6 heteroatoms. The summed E-state index contributed by atoms with van der Waals surface area (Å²) in [5.41, 5.74) is 0.295. The Bertz CT molecular complexity index is 375. The van der Waals surface area contributed by atoms with Gasteiger partial charge in [0.25, 0.3) is 5.91 Å². The highest BCUT2D eigenvalue weighted by Gasteiger charge is 2.17. The molecule has 1 heterocycles. The molecule has 15 heavy (non-hydrogen) atoms. The number of hydrogen-bond donors (Lipinski definition) is 2. The third-order valence-electron chi connectivity index (χ3n) is 1.87. The van der Waals surface area contributed by atoms with Crippen molar-refractivity contribution in [3.8, 4) is 0 Å². The maximum Gasteiger partial charge on any atom is 0.323 e. The van der Waals surface area contributed by atoms with E-state index in [1.54, 1.807) is 6.92 Å². The van der Waals surface area contributed by atoms with Crippen LogP contribution in [0.1, 0.15) is 17.4 Å². The summed E-state index contributed by atoms with van der Waals surface area (Å²) in [7, 11) is 0. The Labute approximate surface area is 91.6 Å². The Morgan fingerprint density at radius 2 is 2.27 bits per heavy atom. The first-order valence-electron chi connectivity index (χ1n) is 4.39. The van der Waals surface area contributed by atoms with Gasteiger partial charge in [-0.25, -0.2) is 0 Å². The summed E-state index contributed by atoms with van der Waals surface area (Å²) >= 11 is 5.64. The number of aromatic nitrogens is 1. The summed E-state index contributed by atoms with van der Waals surface area (Å²) < 4.78 is 0. The van der Waals surface area contributed by atoms with Crippen LogP contribution in [0, 0.1) is 0 Å². The first-order chi connectivity index (χ1) is 7.04. The molecule has 0 radical (unpaired) electrons. The number of aromatic amines is 1. The van der Waals surface area contributed by atoms with Gasteiger partial charge in [-0.1, -0.05) is 11.6 Å². The van der Waals surface area contributed by atoms with Crippen LogP contribution >= 0.6 is 11.6 Å². The van der Waals surface area contributed by atoms with Gasteiger partial charge in [0.2, 0.25) is 0 Å². The van der Waals surface area contributed by atoms with E-state index in [-0.39, 0.29) is 12.5 Å². The highest BCUT2D eigenvalue weighted by atomic mass is 35.5. The van der Waals surface area contributed by atoms with Gasteiger partial charge in [-0.2, -0.15) is 0 Å². The largest absolute Gasteiger partial charge is 0.480 e. The van der Waals surface area contributed by atoms with Gasteiger partial charge in [-0.15, -0.1) is 0 Å². The van der Waals surface area contributed by atoms with E-state index in [4.69, 9.17) is 16.7 Å². The third kappa shape index (κ3) is 2.99. The average molecular weight is 231 g/mol. The quantitative estimate of drug-likeness (QED) is 0.817. The fraction of sp³-hybridized carbons (Fsp3) is 0.333. The number of halogens is 1. The van der Waals surface area contributed by atoms with Crippen LogP contribution in [0.25, 0.3) is 0 Å². The lowest BCUT2D eigenvalue weighted by Crippen LogP contribution is -2.35. The van der Waals surface area contributed by atoms with Crippen LogP contribution < -0.4 is 0 Å². The van der Waals surface area contributed by atoms with Crippen molar-refractivity contribution in [2.24, 2.45) is 0 Å². The van der Waals surface area contributed by atoms with Gasteiger partial charge < -0.3 is 15.0 Å². The second kappa shape index (κ2) is 4.84. The minimum absolute atomic E-state index is 0.295.